The smallest absolute Gasteiger partial charge is 0.275 e. The summed E-state index contributed by atoms with van der Waals surface area (Å²) in [6.45, 7) is 0.455. The van der Waals surface area contributed by atoms with Gasteiger partial charge in [0.05, 0.1) is 28.2 Å². The van der Waals surface area contributed by atoms with Crippen LogP contribution in [0.25, 0.3) is 0 Å². The van der Waals surface area contributed by atoms with Gasteiger partial charge in [-0.15, -0.1) is 0 Å². The van der Waals surface area contributed by atoms with E-state index in [1.807, 2.05) is 0 Å². The molecule has 94 valence electrons. The normalized spacial score (nSPS) is 25.8. The molecular weight excluding hydrogens is 236 g/mol. The molecule has 2 atom stereocenters. The van der Waals surface area contributed by atoms with Gasteiger partial charge in [-0.3, -0.25) is 14.9 Å². The lowest BCUT2D eigenvalue weighted by Crippen LogP contribution is -2.37. The number of hydrogen-bond acceptors (Lipinski definition) is 4. The highest BCUT2D eigenvalue weighted by molar-refractivity contribution is 6.00. The van der Waals surface area contributed by atoms with Crippen molar-refractivity contribution in [3.8, 4) is 0 Å². The molecule has 1 fully saturated rings. The monoisotopic (exact) mass is 248 g/mol. The number of nitrogens with zero attached hydrogens (tertiary/aromatic N) is 2. The number of piperidine rings is 1. The first-order valence-corrected chi connectivity index (χ1v) is 5.86. The van der Waals surface area contributed by atoms with Crippen LogP contribution in [-0.2, 0) is 0 Å². The summed E-state index contributed by atoms with van der Waals surface area (Å²) in [6.07, 6.45) is 0.415. The summed E-state index contributed by atoms with van der Waals surface area (Å²) in [4.78, 5) is 24.3. The lowest BCUT2D eigenvalue weighted by atomic mass is 9.94. The number of fused-ring (bicyclic) bond motifs is 3. The molecule has 1 aromatic rings. The highest BCUT2D eigenvalue weighted by atomic mass is 16.6. The number of nitro benzene ring substituents is 1. The number of amides is 1. The molecule has 1 N–H and O–H groups in total. The number of benzene rings is 1. The Morgan fingerprint density at radius 3 is 2.94 bits per heavy atom. The van der Waals surface area contributed by atoms with Gasteiger partial charge in [-0.1, -0.05) is 6.07 Å². The molecule has 0 aromatic heterocycles. The topological polar surface area (TPSA) is 83.7 Å². The van der Waals surface area contributed by atoms with Crippen molar-refractivity contribution in [2.75, 3.05) is 6.54 Å². The molecule has 1 saturated heterocycles. The fourth-order valence-electron chi connectivity index (χ4n) is 2.87. The number of nitro groups is 1. The van der Waals surface area contributed by atoms with Gasteiger partial charge in [0.15, 0.2) is 0 Å². The number of carbonyl (C=O) groups excluding carboxylic acids is 1. The van der Waals surface area contributed by atoms with E-state index in [1.165, 1.54) is 12.1 Å². The molecule has 0 saturated carbocycles. The van der Waals surface area contributed by atoms with Crippen molar-refractivity contribution in [3.05, 3.63) is 39.4 Å². The molecule has 0 radical (unpaired) electrons. The van der Waals surface area contributed by atoms with Crippen LogP contribution in [0.5, 0.6) is 0 Å². The summed E-state index contributed by atoms with van der Waals surface area (Å²) in [7, 11) is 0. The highest BCUT2D eigenvalue weighted by Crippen LogP contribution is 2.44. The van der Waals surface area contributed by atoms with Crippen LogP contribution >= 0.6 is 0 Å². The molecule has 2 aliphatic rings. The van der Waals surface area contributed by atoms with Crippen molar-refractivity contribution in [2.45, 2.75) is 25.0 Å². The Hall–Kier alpha value is -1.95. The van der Waals surface area contributed by atoms with Gasteiger partial charge in [0.2, 0.25) is 0 Å². The Labute approximate surface area is 103 Å². The number of hydrogen-bond donors (Lipinski definition) is 1. The van der Waals surface area contributed by atoms with E-state index < -0.39 is 11.0 Å². The average molecular weight is 248 g/mol. The van der Waals surface area contributed by atoms with Gasteiger partial charge in [-0.25, -0.2) is 0 Å². The van der Waals surface area contributed by atoms with Crippen molar-refractivity contribution < 1.29 is 14.8 Å². The Morgan fingerprint density at radius 1 is 1.44 bits per heavy atom. The molecule has 0 spiro atoms. The van der Waals surface area contributed by atoms with Gasteiger partial charge in [0.1, 0.15) is 0 Å². The molecule has 1 aromatic carbocycles. The van der Waals surface area contributed by atoms with Crippen molar-refractivity contribution in [2.24, 2.45) is 0 Å². The molecule has 18 heavy (non-hydrogen) atoms. The molecule has 1 amide bonds. The largest absolute Gasteiger partial charge is 0.393 e. The van der Waals surface area contributed by atoms with Gasteiger partial charge < -0.3 is 10.0 Å². The van der Waals surface area contributed by atoms with Crippen LogP contribution in [0, 0.1) is 10.1 Å². The number of rotatable bonds is 1. The van der Waals surface area contributed by atoms with E-state index in [0.29, 0.717) is 30.5 Å². The number of aliphatic hydroxyl groups is 1. The van der Waals surface area contributed by atoms with Crippen molar-refractivity contribution in [1.82, 2.24) is 4.90 Å². The zero-order chi connectivity index (χ0) is 12.9. The van der Waals surface area contributed by atoms with E-state index in [-0.39, 0.29) is 17.6 Å². The molecule has 2 unspecified atom stereocenters. The molecular formula is C12H12N2O4. The van der Waals surface area contributed by atoms with E-state index >= 15 is 0 Å². The van der Waals surface area contributed by atoms with E-state index in [1.54, 1.807) is 11.0 Å². The van der Waals surface area contributed by atoms with Crippen LogP contribution in [0.4, 0.5) is 5.69 Å². The first kappa shape index (κ1) is 11.2. The van der Waals surface area contributed by atoms with Crippen LogP contribution in [0.1, 0.15) is 34.8 Å². The number of aliphatic hydroxyl groups excluding tert-OH is 1. The van der Waals surface area contributed by atoms with Crippen LogP contribution in [0.15, 0.2) is 18.2 Å². The minimum absolute atomic E-state index is 0.0255. The zero-order valence-electron chi connectivity index (χ0n) is 9.57. The first-order valence-electron chi connectivity index (χ1n) is 5.86. The van der Waals surface area contributed by atoms with Gasteiger partial charge >= 0.3 is 0 Å². The van der Waals surface area contributed by atoms with Gasteiger partial charge in [0, 0.05) is 12.6 Å². The van der Waals surface area contributed by atoms with Crippen LogP contribution < -0.4 is 0 Å². The lowest BCUT2D eigenvalue weighted by Gasteiger charge is -2.32. The van der Waals surface area contributed by atoms with Gasteiger partial charge in [-0.05, 0) is 18.9 Å². The van der Waals surface area contributed by atoms with Gasteiger partial charge in [0.25, 0.3) is 11.6 Å². The first-order chi connectivity index (χ1) is 8.59. The number of carbonyl (C=O) groups is 1. The third-order valence-corrected chi connectivity index (χ3v) is 3.68. The SMILES string of the molecule is O=C1c2cccc([N+](=O)[O-])c2C2CC(O)CCN12. The second-order valence-corrected chi connectivity index (χ2v) is 4.69. The van der Waals surface area contributed by atoms with Crippen molar-refractivity contribution in [1.29, 1.82) is 0 Å². The van der Waals surface area contributed by atoms with Crippen molar-refractivity contribution in [3.63, 3.8) is 0 Å². The van der Waals surface area contributed by atoms with Crippen LogP contribution in [-0.4, -0.2) is 33.5 Å². The highest BCUT2D eigenvalue weighted by Gasteiger charge is 2.44. The Balaban J connectivity index is 2.15. The second kappa shape index (κ2) is 3.78. The minimum Gasteiger partial charge on any atom is -0.393 e. The molecule has 3 rings (SSSR count). The molecule has 2 aliphatic heterocycles. The van der Waals surface area contributed by atoms with Crippen LogP contribution in [0.3, 0.4) is 0 Å². The third kappa shape index (κ3) is 1.42. The standard InChI is InChI=1S/C12H12N2O4/c15-7-4-5-13-10(6-7)11-8(12(13)16)2-1-3-9(11)14(17)18/h1-3,7,10,15H,4-6H2. The van der Waals surface area contributed by atoms with Gasteiger partial charge in [-0.2, -0.15) is 0 Å². The Morgan fingerprint density at radius 2 is 2.22 bits per heavy atom. The fraction of sp³-hybridized carbons (Fsp3) is 0.417. The van der Waals surface area contributed by atoms with E-state index in [4.69, 9.17) is 0 Å². The summed E-state index contributed by atoms with van der Waals surface area (Å²) in [5.74, 6) is -0.161. The average Bonchev–Trinajstić information content (AvgIpc) is 2.63. The van der Waals surface area contributed by atoms with Crippen molar-refractivity contribution >= 4 is 11.6 Å². The lowest BCUT2D eigenvalue weighted by molar-refractivity contribution is -0.385. The maximum Gasteiger partial charge on any atom is 0.275 e. The van der Waals surface area contributed by atoms with E-state index in [9.17, 15) is 20.0 Å². The quantitative estimate of drug-likeness (QED) is 0.598. The molecule has 6 heteroatoms. The second-order valence-electron chi connectivity index (χ2n) is 4.69. The fourth-order valence-corrected chi connectivity index (χ4v) is 2.87. The van der Waals surface area contributed by atoms with E-state index in [2.05, 4.69) is 0 Å². The third-order valence-electron chi connectivity index (χ3n) is 3.68. The summed E-state index contributed by atoms with van der Waals surface area (Å²) < 4.78 is 0. The Bertz CT molecular complexity index is 543. The maximum absolute atomic E-state index is 12.1. The summed E-state index contributed by atoms with van der Waals surface area (Å²) in [5.41, 5.74) is 0.844. The van der Waals surface area contributed by atoms with E-state index in [0.717, 1.165) is 0 Å². The molecule has 2 heterocycles. The summed E-state index contributed by atoms with van der Waals surface area (Å²) >= 11 is 0. The maximum atomic E-state index is 12.1. The molecule has 0 aliphatic carbocycles. The molecule has 0 bridgehead atoms. The predicted octanol–water partition coefficient (Wildman–Crippen LogP) is 1.25. The Kier molecular flexibility index (Phi) is 2.34. The summed E-state index contributed by atoms with van der Waals surface area (Å²) in [6, 6.07) is 4.22. The summed E-state index contributed by atoms with van der Waals surface area (Å²) in [5, 5.41) is 20.7. The zero-order valence-corrected chi connectivity index (χ0v) is 9.57. The molecule has 6 nitrogen and oxygen atoms in total. The van der Waals surface area contributed by atoms with Crippen LogP contribution in [0.2, 0.25) is 0 Å². The minimum atomic E-state index is -0.496. The predicted molar refractivity (Wildman–Crippen MR) is 62.1 cm³/mol.